The van der Waals surface area contributed by atoms with Crippen molar-refractivity contribution in [2.24, 2.45) is 0 Å². The molecule has 1 aliphatic heterocycles. The van der Waals surface area contributed by atoms with Crippen molar-refractivity contribution in [2.75, 3.05) is 31.1 Å². The summed E-state index contributed by atoms with van der Waals surface area (Å²) in [5.41, 5.74) is 1.35. The minimum Gasteiger partial charge on any atom is -0.478 e. The lowest BCUT2D eigenvalue weighted by molar-refractivity contribution is 0.0696. The van der Waals surface area contributed by atoms with Gasteiger partial charge >= 0.3 is 5.97 Å². The largest absolute Gasteiger partial charge is 0.478 e. The third kappa shape index (κ3) is 2.61. The van der Waals surface area contributed by atoms with Crippen molar-refractivity contribution < 1.29 is 9.90 Å². The minimum absolute atomic E-state index is 0.320. The van der Waals surface area contributed by atoms with Crippen molar-refractivity contribution in [3.05, 3.63) is 36.0 Å². The zero-order valence-corrected chi connectivity index (χ0v) is 12.5. The summed E-state index contributed by atoms with van der Waals surface area (Å²) in [5.74, 6) is 0.192. The molecule has 112 valence electrons. The first-order valence-electron chi connectivity index (χ1n) is 7.39. The highest BCUT2D eigenvalue weighted by Gasteiger charge is 2.20. The highest BCUT2D eigenvalue weighted by atomic mass is 16.4. The zero-order chi connectivity index (χ0) is 15.0. The Balaban J connectivity index is 1.87. The molecule has 0 amide bonds. The van der Waals surface area contributed by atoms with Crippen molar-refractivity contribution in [1.29, 1.82) is 0 Å². The summed E-state index contributed by atoms with van der Waals surface area (Å²) in [7, 11) is 0. The maximum Gasteiger partial charge on any atom is 0.337 e. The van der Waals surface area contributed by atoms with Gasteiger partial charge in [0.25, 0.3) is 0 Å². The Morgan fingerprint density at radius 1 is 1.10 bits per heavy atom. The van der Waals surface area contributed by atoms with Crippen LogP contribution >= 0.6 is 0 Å². The molecule has 0 radical (unpaired) electrons. The molecule has 0 unspecified atom stereocenters. The maximum atomic E-state index is 11.1. The number of aromatic nitrogens is 1. The molecule has 0 atom stereocenters. The first-order valence-corrected chi connectivity index (χ1v) is 7.39. The van der Waals surface area contributed by atoms with Gasteiger partial charge in [-0.3, -0.25) is 4.90 Å². The van der Waals surface area contributed by atoms with Crippen LogP contribution in [-0.2, 0) is 0 Å². The average Bonchev–Trinajstić information content (AvgIpc) is 2.90. The lowest BCUT2D eigenvalue weighted by Gasteiger charge is -2.37. The Bertz CT molecular complexity index is 655. The number of aromatic carboxylic acids is 1. The molecule has 5 heteroatoms. The van der Waals surface area contributed by atoms with Crippen molar-refractivity contribution >= 4 is 17.3 Å². The third-order valence-electron chi connectivity index (χ3n) is 4.25. The Morgan fingerprint density at radius 3 is 2.38 bits per heavy atom. The number of carboxylic acids is 1. The first kappa shape index (κ1) is 13.9. The molecule has 1 fully saturated rings. The fourth-order valence-corrected chi connectivity index (χ4v) is 2.94. The second-order valence-electron chi connectivity index (χ2n) is 5.83. The van der Waals surface area contributed by atoms with E-state index in [9.17, 15) is 4.79 Å². The van der Waals surface area contributed by atoms with E-state index in [-0.39, 0.29) is 0 Å². The van der Waals surface area contributed by atoms with Crippen LogP contribution in [0.25, 0.3) is 5.52 Å². The van der Waals surface area contributed by atoms with Gasteiger partial charge in [0.15, 0.2) is 0 Å². The van der Waals surface area contributed by atoms with Crippen LogP contribution in [0, 0.1) is 0 Å². The lowest BCUT2D eigenvalue weighted by Crippen LogP contribution is -2.49. The van der Waals surface area contributed by atoms with Gasteiger partial charge in [-0.05, 0) is 38.1 Å². The lowest BCUT2D eigenvalue weighted by atomic mass is 10.2. The zero-order valence-electron chi connectivity index (χ0n) is 12.5. The molecule has 0 spiro atoms. The van der Waals surface area contributed by atoms with E-state index in [1.807, 2.05) is 16.5 Å². The SMILES string of the molecule is CC(C)N1CCN(c2ccc3ccc(C(=O)O)cn23)CC1. The monoisotopic (exact) mass is 287 g/mol. The topological polar surface area (TPSA) is 48.2 Å². The number of carbonyl (C=O) groups is 1. The molecule has 1 aliphatic rings. The van der Waals surface area contributed by atoms with Crippen LogP contribution in [0.2, 0.25) is 0 Å². The van der Waals surface area contributed by atoms with E-state index < -0.39 is 5.97 Å². The highest BCUT2D eigenvalue weighted by Crippen LogP contribution is 2.22. The summed E-state index contributed by atoms with van der Waals surface area (Å²) < 4.78 is 1.98. The van der Waals surface area contributed by atoms with E-state index in [2.05, 4.69) is 29.7 Å². The molecule has 3 heterocycles. The fraction of sp³-hybridized carbons (Fsp3) is 0.438. The van der Waals surface area contributed by atoms with Gasteiger partial charge in [0.05, 0.1) is 5.56 Å². The molecule has 2 aromatic heterocycles. The number of anilines is 1. The highest BCUT2D eigenvalue weighted by molar-refractivity contribution is 5.88. The van der Waals surface area contributed by atoms with Gasteiger partial charge < -0.3 is 14.4 Å². The number of nitrogens with zero attached hydrogens (tertiary/aromatic N) is 3. The van der Waals surface area contributed by atoms with E-state index >= 15 is 0 Å². The number of piperazine rings is 1. The van der Waals surface area contributed by atoms with Crippen LogP contribution in [0.1, 0.15) is 24.2 Å². The van der Waals surface area contributed by atoms with E-state index in [0.29, 0.717) is 11.6 Å². The van der Waals surface area contributed by atoms with E-state index in [0.717, 1.165) is 37.5 Å². The van der Waals surface area contributed by atoms with Gasteiger partial charge in [0.1, 0.15) is 5.82 Å². The molecular weight excluding hydrogens is 266 g/mol. The second kappa shape index (κ2) is 5.41. The van der Waals surface area contributed by atoms with Gasteiger partial charge in [-0.15, -0.1) is 0 Å². The van der Waals surface area contributed by atoms with Crippen LogP contribution in [0.3, 0.4) is 0 Å². The predicted molar refractivity (Wildman–Crippen MR) is 83.3 cm³/mol. The molecule has 2 aromatic rings. The smallest absolute Gasteiger partial charge is 0.337 e. The standard InChI is InChI=1S/C16H21N3O2/c1-12(2)17-7-9-18(10-8-17)15-6-5-14-4-3-13(16(20)21)11-19(14)15/h3-6,11-12H,7-10H2,1-2H3,(H,20,21). The Hall–Kier alpha value is -2.01. The molecule has 3 rings (SSSR count). The summed E-state index contributed by atoms with van der Waals surface area (Å²) in [4.78, 5) is 15.9. The molecule has 0 bridgehead atoms. The fourth-order valence-electron chi connectivity index (χ4n) is 2.94. The second-order valence-corrected chi connectivity index (χ2v) is 5.83. The van der Waals surface area contributed by atoms with Gasteiger partial charge in [0, 0.05) is 43.9 Å². The molecule has 0 saturated carbocycles. The number of rotatable bonds is 3. The van der Waals surface area contributed by atoms with E-state index in [4.69, 9.17) is 5.11 Å². The number of hydrogen-bond donors (Lipinski definition) is 1. The van der Waals surface area contributed by atoms with Crippen LogP contribution in [0.5, 0.6) is 0 Å². The van der Waals surface area contributed by atoms with Crippen molar-refractivity contribution in [3.63, 3.8) is 0 Å². The normalized spacial score (nSPS) is 16.8. The predicted octanol–water partition coefficient (Wildman–Crippen LogP) is 2.17. The van der Waals surface area contributed by atoms with Crippen LogP contribution in [-0.4, -0.2) is 52.6 Å². The molecule has 0 aromatic carbocycles. The number of fused-ring (bicyclic) bond motifs is 1. The van der Waals surface area contributed by atoms with Crippen LogP contribution < -0.4 is 4.90 Å². The number of carboxylic acid groups (broad SMARTS) is 1. The molecule has 5 nitrogen and oxygen atoms in total. The molecule has 21 heavy (non-hydrogen) atoms. The summed E-state index contributed by atoms with van der Waals surface area (Å²) in [6.07, 6.45) is 1.71. The molecule has 0 aliphatic carbocycles. The summed E-state index contributed by atoms with van der Waals surface area (Å²) in [6, 6.07) is 8.20. The summed E-state index contributed by atoms with van der Waals surface area (Å²) in [5, 5.41) is 9.15. The molecular formula is C16H21N3O2. The van der Waals surface area contributed by atoms with Gasteiger partial charge in [-0.1, -0.05) is 0 Å². The Morgan fingerprint density at radius 2 is 1.76 bits per heavy atom. The molecule has 1 saturated heterocycles. The van der Waals surface area contributed by atoms with Crippen LogP contribution in [0.4, 0.5) is 5.82 Å². The van der Waals surface area contributed by atoms with E-state index in [1.165, 1.54) is 0 Å². The minimum atomic E-state index is -0.888. The van der Waals surface area contributed by atoms with Crippen molar-refractivity contribution in [2.45, 2.75) is 19.9 Å². The van der Waals surface area contributed by atoms with Gasteiger partial charge in [-0.25, -0.2) is 4.79 Å². The quantitative estimate of drug-likeness (QED) is 0.940. The molecule has 1 N–H and O–H groups in total. The van der Waals surface area contributed by atoms with E-state index in [1.54, 1.807) is 12.3 Å². The van der Waals surface area contributed by atoms with Gasteiger partial charge in [0.2, 0.25) is 0 Å². The van der Waals surface area contributed by atoms with Crippen molar-refractivity contribution in [1.82, 2.24) is 9.30 Å². The third-order valence-corrected chi connectivity index (χ3v) is 4.25. The van der Waals surface area contributed by atoms with Gasteiger partial charge in [-0.2, -0.15) is 0 Å². The van der Waals surface area contributed by atoms with Crippen molar-refractivity contribution in [3.8, 4) is 0 Å². The summed E-state index contributed by atoms with van der Waals surface area (Å²) in [6.45, 7) is 8.49. The first-order chi connectivity index (χ1) is 10.1. The Kier molecular flexibility index (Phi) is 3.59. The summed E-state index contributed by atoms with van der Waals surface area (Å²) >= 11 is 0. The average molecular weight is 287 g/mol. The number of hydrogen-bond acceptors (Lipinski definition) is 3. The van der Waals surface area contributed by atoms with Crippen LogP contribution in [0.15, 0.2) is 30.5 Å². The maximum absolute atomic E-state index is 11.1. The number of pyridine rings is 1. The Labute approximate surface area is 124 Å².